The first kappa shape index (κ1) is 23.5. The molecule has 0 aliphatic carbocycles. The Morgan fingerprint density at radius 2 is 1.74 bits per heavy atom. The zero-order valence-electron chi connectivity index (χ0n) is 16.1. The third-order valence-corrected chi connectivity index (χ3v) is 17.2. The molecule has 0 saturated heterocycles. The first-order valence-corrected chi connectivity index (χ1v) is 18.8. The lowest BCUT2D eigenvalue weighted by molar-refractivity contribution is 0.0704. The van der Waals surface area contributed by atoms with E-state index in [1.807, 2.05) is 6.92 Å². The smallest absolute Gasteiger partial charge is 0.314 e. The van der Waals surface area contributed by atoms with Gasteiger partial charge in [-0.3, -0.25) is 0 Å². The molecule has 0 aliphatic rings. The van der Waals surface area contributed by atoms with Crippen molar-refractivity contribution in [2.24, 2.45) is 0 Å². The van der Waals surface area contributed by atoms with Crippen molar-refractivity contribution in [3.05, 3.63) is 0 Å². The predicted octanol–water partition coefficient (Wildman–Crippen LogP) is 3.31. The highest BCUT2D eigenvalue weighted by Gasteiger charge is 2.37. The van der Waals surface area contributed by atoms with Crippen LogP contribution in [0.4, 0.5) is 0 Å². The maximum atomic E-state index is 11.8. The normalized spacial score (nSPS) is 16.1. The van der Waals surface area contributed by atoms with Gasteiger partial charge in [0.15, 0.2) is 17.4 Å². The van der Waals surface area contributed by atoms with Crippen LogP contribution in [-0.2, 0) is 22.2 Å². The fourth-order valence-electron chi connectivity index (χ4n) is 2.45. The first-order chi connectivity index (χ1) is 10.6. The molecule has 2 atom stereocenters. The molecule has 0 aromatic rings. The predicted molar refractivity (Wildman–Crippen MR) is 104 cm³/mol. The number of ether oxygens (including phenoxy) is 2. The van der Waals surface area contributed by atoms with Crippen molar-refractivity contribution in [2.45, 2.75) is 63.8 Å². The average molecular weight is 397 g/mol. The van der Waals surface area contributed by atoms with Crippen LogP contribution in [0.2, 0.25) is 50.5 Å². The van der Waals surface area contributed by atoms with Crippen LogP contribution in [0.1, 0.15) is 13.3 Å². The Morgan fingerprint density at radius 3 is 2.26 bits per heavy atom. The van der Waals surface area contributed by atoms with Gasteiger partial charge in [-0.1, -0.05) is 6.92 Å². The standard InChI is InChI=1S/C14H36O5Si4/c1-8-21(15)14-20(3)18-23(7,19-22(4,5)6)13-9-10-17-12-11-16-2/h20H,8-14H2,1-7H3. The maximum Gasteiger partial charge on any atom is 0.314 e. The molecule has 2 unspecified atom stereocenters. The topological polar surface area (TPSA) is 54.0 Å². The van der Waals surface area contributed by atoms with E-state index in [1.54, 1.807) is 7.11 Å². The van der Waals surface area contributed by atoms with Crippen molar-refractivity contribution in [1.29, 1.82) is 0 Å². The molecule has 0 aromatic heterocycles. The van der Waals surface area contributed by atoms with Crippen molar-refractivity contribution in [1.82, 2.24) is 0 Å². The van der Waals surface area contributed by atoms with Crippen LogP contribution in [0.15, 0.2) is 0 Å². The molecule has 0 aromatic carbocycles. The van der Waals surface area contributed by atoms with Gasteiger partial charge < -0.3 is 22.2 Å². The van der Waals surface area contributed by atoms with Gasteiger partial charge in [-0.25, -0.2) is 0 Å². The number of hydrogen-bond acceptors (Lipinski definition) is 5. The molecule has 0 N–H and O–H groups in total. The van der Waals surface area contributed by atoms with Gasteiger partial charge in [0.2, 0.25) is 0 Å². The molecular formula is C14H36O5Si4. The van der Waals surface area contributed by atoms with Crippen molar-refractivity contribution in [3.8, 4) is 0 Å². The van der Waals surface area contributed by atoms with Gasteiger partial charge in [-0.15, -0.1) is 0 Å². The minimum Gasteiger partial charge on any atom is -0.439 e. The summed E-state index contributed by atoms with van der Waals surface area (Å²) in [5, 5.41) is 0. The Hall–Kier alpha value is 0.508. The molecule has 23 heavy (non-hydrogen) atoms. The molecule has 0 fully saturated rings. The summed E-state index contributed by atoms with van der Waals surface area (Å²) in [6, 6.07) is 1.72. The molecule has 0 rings (SSSR count). The molecule has 9 heteroatoms. The number of methoxy groups -OCH3 is 1. The van der Waals surface area contributed by atoms with Gasteiger partial charge in [-0.05, 0) is 51.2 Å². The van der Waals surface area contributed by atoms with Crippen LogP contribution in [0.5, 0.6) is 0 Å². The Kier molecular flexibility index (Phi) is 12.2. The molecule has 0 spiro atoms. The Morgan fingerprint density at radius 1 is 1.09 bits per heavy atom. The molecule has 0 aliphatic heterocycles. The van der Waals surface area contributed by atoms with E-state index in [2.05, 4.69) is 32.7 Å². The molecule has 5 nitrogen and oxygen atoms in total. The minimum atomic E-state index is -2.21. The maximum absolute atomic E-state index is 11.8. The van der Waals surface area contributed by atoms with Crippen LogP contribution in [0.3, 0.4) is 0 Å². The largest absolute Gasteiger partial charge is 0.439 e. The Labute approximate surface area is 147 Å². The first-order valence-electron chi connectivity index (χ1n) is 8.58. The molecule has 0 heterocycles. The minimum absolute atomic E-state index is 0.631. The van der Waals surface area contributed by atoms with Gasteiger partial charge in [0.1, 0.15) is 0 Å². The third kappa shape index (κ3) is 13.5. The van der Waals surface area contributed by atoms with Crippen molar-refractivity contribution in [3.63, 3.8) is 0 Å². The highest BCUT2D eigenvalue weighted by atomic mass is 28.5. The summed E-state index contributed by atoms with van der Waals surface area (Å²) >= 11 is 0. The van der Waals surface area contributed by atoms with Crippen LogP contribution < -0.4 is 0 Å². The molecular weight excluding hydrogens is 360 g/mol. The molecule has 0 saturated carbocycles. The van der Waals surface area contributed by atoms with Crippen LogP contribution in [-0.4, -0.2) is 61.5 Å². The van der Waals surface area contributed by atoms with E-state index in [0.29, 0.717) is 19.8 Å². The molecule has 0 amide bonds. The molecule has 0 radical (unpaired) electrons. The lowest BCUT2D eigenvalue weighted by Crippen LogP contribution is -2.50. The third-order valence-electron chi connectivity index (χ3n) is 3.23. The summed E-state index contributed by atoms with van der Waals surface area (Å²) in [5.74, 6) is 0. The summed E-state index contributed by atoms with van der Waals surface area (Å²) in [6.07, 6.45) is 0.945. The summed E-state index contributed by atoms with van der Waals surface area (Å²) < 4.78 is 35.3. The van der Waals surface area contributed by atoms with Gasteiger partial charge >= 0.3 is 8.56 Å². The van der Waals surface area contributed by atoms with Crippen molar-refractivity contribution >= 4 is 34.6 Å². The Balaban J connectivity index is 4.48. The quantitative estimate of drug-likeness (QED) is 0.333. The molecule has 138 valence electrons. The molecule has 0 bridgehead atoms. The second-order valence-corrected chi connectivity index (χ2v) is 20.9. The van der Waals surface area contributed by atoms with E-state index in [1.165, 1.54) is 0 Å². The highest BCUT2D eigenvalue weighted by molar-refractivity contribution is 6.85. The van der Waals surface area contributed by atoms with E-state index in [4.69, 9.17) is 17.7 Å². The second kappa shape index (κ2) is 12.0. The van der Waals surface area contributed by atoms with Gasteiger partial charge in [0.05, 0.1) is 13.2 Å². The lowest BCUT2D eigenvalue weighted by atomic mass is 10.5. The van der Waals surface area contributed by atoms with Crippen molar-refractivity contribution < 1.29 is 22.2 Å². The van der Waals surface area contributed by atoms with E-state index >= 15 is 0 Å². The van der Waals surface area contributed by atoms with Gasteiger partial charge in [0, 0.05) is 19.4 Å². The van der Waals surface area contributed by atoms with Crippen molar-refractivity contribution in [2.75, 3.05) is 26.9 Å². The fraction of sp³-hybridized carbons (Fsp3) is 1.00. The Bertz CT molecular complexity index is 338. The number of hydrogen-bond donors (Lipinski definition) is 0. The van der Waals surface area contributed by atoms with Crippen LogP contribution >= 0.6 is 0 Å². The SMILES string of the molecule is CC[Si](=O)C[SiH](C)O[Si](C)(CCCOCCOC)O[Si](C)(C)C. The number of rotatable bonds is 14. The summed E-state index contributed by atoms with van der Waals surface area (Å²) in [4.78, 5) is 0. The highest BCUT2D eigenvalue weighted by Crippen LogP contribution is 2.23. The summed E-state index contributed by atoms with van der Waals surface area (Å²) in [7, 11) is -5.07. The van der Waals surface area contributed by atoms with Gasteiger partial charge in [0.25, 0.3) is 8.68 Å². The van der Waals surface area contributed by atoms with E-state index in [9.17, 15) is 4.46 Å². The van der Waals surface area contributed by atoms with E-state index in [-0.39, 0.29) is 0 Å². The van der Waals surface area contributed by atoms with Crippen LogP contribution in [0.25, 0.3) is 0 Å². The zero-order valence-corrected chi connectivity index (χ0v) is 20.2. The average Bonchev–Trinajstić information content (AvgIpc) is 2.40. The van der Waals surface area contributed by atoms with E-state index in [0.717, 1.165) is 24.2 Å². The van der Waals surface area contributed by atoms with E-state index < -0.39 is 34.6 Å². The van der Waals surface area contributed by atoms with Gasteiger partial charge in [-0.2, -0.15) is 0 Å². The summed E-state index contributed by atoms with van der Waals surface area (Å²) in [6.45, 7) is 14.9. The summed E-state index contributed by atoms with van der Waals surface area (Å²) in [5.41, 5.74) is 0.795. The second-order valence-electron chi connectivity index (χ2n) is 7.08. The van der Waals surface area contributed by atoms with Crippen LogP contribution in [0, 0.1) is 0 Å². The monoisotopic (exact) mass is 396 g/mol. The lowest BCUT2D eigenvalue weighted by Gasteiger charge is -2.36. The fourth-order valence-corrected chi connectivity index (χ4v) is 18.1. The zero-order chi connectivity index (χ0) is 17.9.